The van der Waals surface area contributed by atoms with Crippen LogP contribution in [0.3, 0.4) is 0 Å². The lowest BCUT2D eigenvalue weighted by molar-refractivity contribution is 0.286. The van der Waals surface area contributed by atoms with Crippen molar-refractivity contribution in [3.05, 3.63) is 181 Å². The van der Waals surface area contributed by atoms with Crippen LogP contribution in [0.4, 0.5) is 0 Å². The Bertz CT molecular complexity index is 2910. The highest BCUT2D eigenvalue weighted by Gasteiger charge is 2.25. The number of hydrogen-bond donors (Lipinski definition) is 0. The van der Waals surface area contributed by atoms with E-state index in [1.807, 2.05) is 0 Å². The van der Waals surface area contributed by atoms with E-state index in [0.717, 1.165) is 121 Å². The minimum atomic E-state index is 0.637. The highest BCUT2D eigenvalue weighted by Crippen LogP contribution is 2.47. The fourth-order valence-electron chi connectivity index (χ4n) is 13.5. The van der Waals surface area contributed by atoms with Gasteiger partial charge in [-0.3, -0.25) is 0 Å². The van der Waals surface area contributed by atoms with Crippen LogP contribution in [0.5, 0.6) is 23.0 Å². The first-order valence-electron chi connectivity index (χ1n) is 32.6. The molecule has 2 fully saturated rings. The summed E-state index contributed by atoms with van der Waals surface area (Å²) in [5.41, 5.74) is 9.98. The van der Waals surface area contributed by atoms with Gasteiger partial charge in [0, 0.05) is 11.1 Å². The normalized spacial score (nSPS) is 17.2. The molecule has 0 unspecified atom stereocenters. The van der Waals surface area contributed by atoms with Gasteiger partial charge in [-0.25, -0.2) is 0 Å². The van der Waals surface area contributed by atoms with Crippen molar-refractivity contribution in [3.8, 4) is 56.4 Å². The molecule has 82 heavy (non-hydrogen) atoms. The maximum absolute atomic E-state index is 6.94. The molecule has 0 bridgehead atoms. The highest BCUT2D eigenvalue weighted by molar-refractivity contribution is 6.11. The number of fused-ring (bicyclic) bond motifs is 2. The molecule has 2 aliphatic rings. The maximum atomic E-state index is 6.94. The molecule has 0 N–H and O–H groups in total. The predicted octanol–water partition coefficient (Wildman–Crippen LogP) is 22.7. The predicted molar refractivity (Wildman–Crippen MR) is 347 cm³/mol. The molecule has 0 aliphatic heterocycles. The molecule has 8 aromatic rings. The first-order valence-corrected chi connectivity index (χ1v) is 32.6. The number of rotatable bonds is 31. The van der Waals surface area contributed by atoms with Gasteiger partial charge in [0.05, 0.1) is 26.4 Å². The second-order valence-electron chi connectivity index (χ2n) is 24.3. The Hall–Kier alpha value is -6.52. The molecule has 0 spiro atoms. The molecule has 4 heteroatoms. The van der Waals surface area contributed by atoms with Gasteiger partial charge in [0.15, 0.2) is 0 Å². The van der Waals surface area contributed by atoms with Crippen LogP contribution in [0.1, 0.15) is 191 Å². The van der Waals surface area contributed by atoms with Crippen LogP contribution >= 0.6 is 0 Å². The van der Waals surface area contributed by atoms with Crippen molar-refractivity contribution >= 4 is 21.5 Å². The van der Waals surface area contributed by atoms with E-state index in [2.05, 4.69) is 184 Å². The number of unbranched alkanes of at least 4 members (excludes halogenated alkanes) is 10. The molecule has 0 heterocycles. The van der Waals surface area contributed by atoms with Gasteiger partial charge in [-0.1, -0.05) is 187 Å². The summed E-state index contributed by atoms with van der Waals surface area (Å²) in [6, 6.07) is 62.2. The SMILES string of the molecule is CCCCCC1CCC(c2ccc(OCCCCCCOc3ccc4cc(-c5ccccc5)ccc4c3-c3c(OCCCCCCOc4ccc(C5CCC(CCCCC)CC5)cc4)ccc4cc(-c5ccccc5)ccc34)cc2)CC1. The zero-order valence-corrected chi connectivity index (χ0v) is 49.9. The fourth-order valence-corrected chi connectivity index (χ4v) is 13.5. The van der Waals surface area contributed by atoms with Gasteiger partial charge in [0.1, 0.15) is 23.0 Å². The smallest absolute Gasteiger partial charge is 0.127 e. The molecule has 8 aromatic carbocycles. The summed E-state index contributed by atoms with van der Waals surface area (Å²) < 4.78 is 26.4. The maximum Gasteiger partial charge on any atom is 0.127 e. The van der Waals surface area contributed by atoms with Crippen molar-refractivity contribution in [2.75, 3.05) is 26.4 Å². The highest BCUT2D eigenvalue weighted by atomic mass is 16.5. The Morgan fingerprint density at radius 3 is 1.07 bits per heavy atom. The molecule has 0 saturated heterocycles. The summed E-state index contributed by atoms with van der Waals surface area (Å²) in [6.45, 7) is 7.37. The molecule has 10 rings (SSSR count). The largest absolute Gasteiger partial charge is 0.494 e. The minimum absolute atomic E-state index is 0.637. The Labute approximate surface area is 493 Å². The van der Waals surface area contributed by atoms with Gasteiger partial charge < -0.3 is 18.9 Å². The van der Waals surface area contributed by atoms with Crippen LogP contribution < -0.4 is 18.9 Å². The summed E-state index contributed by atoms with van der Waals surface area (Å²) in [7, 11) is 0. The summed E-state index contributed by atoms with van der Waals surface area (Å²) in [6.07, 6.45) is 30.3. The number of hydrogen-bond acceptors (Lipinski definition) is 4. The fraction of sp³-hybridized carbons (Fsp3) is 0.436. The van der Waals surface area contributed by atoms with Crippen LogP contribution in [-0.4, -0.2) is 26.4 Å². The molecule has 430 valence electrons. The van der Waals surface area contributed by atoms with E-state index in [1.54, 1.807) is 0 Å². The van der Waals surface area contributed by atoms with Crippen molar-refractivity contribution in [2.24, 2.45) is 11.8 Å². The Balaban J connectivity index is 0.768. The average molecular weight is 1100 g/mol. The van der Waals surface area contributed by atoms with Crippen molar-refractivity contribution in [3.63, 3.8) is 0 Å². The van der Waals surface area contributed by atoms with Crippen molar-refractivity contribution in [1.82, 2.24) is 0 Å². The third-order valence-corrected chi connectivity index (χ3v) is 18.4. The first kappa shape index (κ1) is 58.7. The lowest BCUT2D eigenvalue weighted by Gasteiger charge is -2.29. The Morgan fingerprint density at radius 2 is 0.695 bits per heavy atom. The summed E-state index contributed by atoms with van der Waals surface area (Å²) in [5.74, 6) is 7.07. The third-order valence-electron chi connectivity index (χ3n) is 18.4. The molecule has 0 aromatic heterocycles. The van der Waals surface area contributed by atoms with Gasteiger partial charge in [-0.05, 0) is 230 Å². The second kappa shape index (κ2) is 31.2. The van der Waals surface area contributed by atoms with Crippen molar-refractivity contribution in [1.29, 1.82) is 0 Å². The van der Waals surface area contributed by atoms with Crippen LogP contribution in [0, 0.1) is 11.8 Å². The molecule has 0 atom stereocenters. The van der Waals surface area contributed by atoms with Crippen molar-refractivity contribution in [2.45, 2.75) is 180 Å². The van der Waals surface area contributed by atoms with Crippen LogP contribution in [-0.2, 0) is 0 Å². The topological polar surface area (TPSA) is 36.9 Å². The van der Waals surface area contributed by atoms with E-state index in [9.17, 15) is 0 Å². The van der Waals surface area contributed by atoms with Gasteiger partial charge >= 0.3 is 0 Å². The quantitative estimate of drug-likeness (QED) is 0.0406. The monoisotopic (exact) mass is 1090 g/mol. The van der Waals surface area contributed by atoms with Crippen LogP contribution in [0.2, 0.25) is 0 Å². The van der Waals surface area contributed by atoms with Gasteiger partial charge in [-0.2, -0.15) is 0 Å². The molecule has 4 nitrogen and oxygen atoms in total. The van der Waals surface area contributed by atoms with E-state index >= 15 is 0 Å². The zero-order chi connectivity index (χ0) is 56.0. The van der Waals surface area contributed by atoms with Gasteiger partial charge in [-0.15, -0.1) is 0 Å². The van der Waals surface area contributed by atoms with Crippen molar-refractivity contribution < 1.29 is 18.9 Å². The summed E-state index contributed by atoms with van der Waals surface area (Å²) in [4.78, 5) is 0. The molecule has 0 amide bonds. The van der Waals surface area contributed by atoms with Crippen LogP contribution in [0.25, 0.3) is 54.9 Å². The lowest BCUT2D eigenvalue weighted by Crippen LogP contribution is -2.13. The summed E-state index contributed by atoms with van der Waals surface area (Å²) in [5, 5.41) is 4.67. The zero-order valence-electron chi connectivity index (χ0n) is 49.9. The van der Waals surface area contributed by atoms with E-state index in [-0.39, 0.29) is 0 Å². The molecular weight excluding hydrogens is 1000 g/mol. The molecule has 2 aliphatic carbocycles. The van der Waals surface area contributed by atoms with Gasteiger partial charge in [0.25, 0.3) is 0 Å². The molecular formula is C78H94O4. The number of ether oxygens (including phenoxy) is 4. The first-order chi connectivity index (χ1) is 40.6. The standard InChI is InChI=1S/C78H94O4/c1-3-5-13-23-59-29-33-63(34-30-59)65-37-45-71(46-38-65)79-53-19-7-9-21-55-81-75-51-43-69-57-67(61-25-15-11-16-26-61)41-49-73(69)77(75)78-74-50-42-68(62-27-17-12-18-28-62)58-70(74)44-52-76(78)82-56-22-10-8-20-54-80-72-47-39-66(40-48-72)64-35-31-60(32-36-64)24-14-6-4-2/h11-12,15-18,25-28,37-52,57-60,63-64H,3-10,13-14,19-24,29-36,53-56H2,1-2H3. The number of benzene rings is 8. The lowest BCUT2D eigenvalue weighted by atomic mass is 9.77. The third kappa shape index (κ3) is 16.4. The molecule has 2 saturated carbocycles. The van der Waals surface area contributed by atoms with Crippen LogP contribution in [0.15, 0.2) is 170 Å². The Kier molecular flexibility index (Phi) is 22.3. The average Bonchev–Trinajstić information content (AvgIpc) is 3.61. The van der Waals surface area contributed by atoms with E-state index in [0.29, 0.717) is 25.0 Å². The Morgan fingerprint density at radius 1 is 0.317 bits per heavy atom. The minimum Gasteiger partial charge on any atom is -0.494 e. The summed E-state index contributed by atoms with van der Waals surface area (Å²) >= 11 is 0. The van der Waals surface area contributed by atoms with E-state index in [1.165, 1.54) is 147 Å². The van der Waals surface area contributed by atoms with Gasteiger partial charge in [0.2, 0.25) is 0 Å². The molecule has 0 radical (unpaired) electrons. The van der Waals surface area contributed by atoms with E-state index < -0.39 is 0 Å². The van der Waals surface area contributed by atoms with E-state index in [4.69, 9.17) is 18.9 Å². The second-order valence-corrected chi connectivity index (χ2v) is 24.3.